The maximum atomic E-state index is 12.3. The number of para-hydroxylation sites is 2. The van der Waals surface area contributed by atoms with Crippen molar-refractivity contribution in [3.05, 3.63) is 46.5 Å². The molecule has 0 bridgehead atoms. The zero-order valence-corrected chi connectivity index (χ0v) is 14.3. The van der Waals surface area contributed by atoms with Crippen molar-refractivity contribution in [2.24, 2.45) is 0 Å². The topological polar surface area (TPSA) is 91.5 Å². The highest BCUT2D eigenvalue weighted by molar-refractivity contribution is 7.80. The van der Waals surface area contributed by atoms with Crippen LogP contribution in [0.25, 0.3) is 22.8 Å². The van der Waals surface area contributed by atoms with E-state index in [0.29, 0.717) is 28.2 Å². The minimum Gasteiger partial charge on any atom is -0.450 e. The number of carbonyl (C=O) groups is 1. The SMILES string of the molecule is Cc1c2c(n3c(nc4ccccc43)c1C#N)OC1NC(=S)NC(=O)C1=C2. The molecule has 0 saturated carbocycles. The molecule has 0 aliphatic carbocycles. The molecule has 4 heterocycles. The number of amides is 1. The largest absolute Gasteiger partial charge is 0.450 e. The molecule has 1 saturated heterocycles. The number of hydrogen-bond acceptors (Lipinski definition) is 5. The maximum Gasteiger partial charge on any atom is 0.259 e. The molecule has 8 heteroatoms. The summed E-state index contributed by atoms with van der Waals surface area (Å²) in [6.07, 6.45) is 1.07. The number of nitrogens with one attached hydrogen (secondary N) is 2. The average Bonchev–Trinajstić information content (AvgIpc) is 3.00. The van der Waals surface area contributed by atoms with E-state index in [2.05, 4.69) is 21.7 Å². The highest BCUT2D eigenvalue weighted by Gasteiger charge is 2.35. The lowest BCUT2D eigenvalue weighted by atomic mass is 9.99. The summed E-state index contributed by atoms with van der Waals surface area (Å²) in [5.41, 5.74) is 4.41. The fourth-order valence-corrected chi connectivity index (χ4v) is 3.63. The first-order chi connectivity index (χ1) is 12.6. The molecule has 2 aliphatic heterocycles. The Morgan fingerprint density at radius 2 is 2.19 bits per heavy atom. The van der Waals surface area contributed by atoms with E-state index < -0.39 is 6.23 Å². The van der Waals surface area contributed by atoms with Crippen LogP contribution in [0.2, 0.25) is 0 Å². The van der Waals surface area contributed by atoms with Gasteiger partial charge < -0.3 is 10.1 Å². The Morgan fingerprint density at radius 1 is 1.38 bits per heavy atom. The number of benzene rings is 1. The van der Waals surface area contributed by atoms with Crippen LogP contribution >= 0.6 is 12.2 Å². The summed E-state index contributed by atoms with van der Waals surface area (Å²) in [5, 5.41) is 15.4. The number of nitriles is 1. The third-order valence-corrected chi connectivity index (χ3v) is 4.89. The summed E-state index contributed by atoms with van der Waals surface area (Å²) in [4.78, 5) is 16.9. The number of carbonyl (C=O) groups excluding carboxylic acids is 1. The summed E-state index contributed by atoms with van der Waals surface area (Å²) in [5.74, 6) is 0.224. The molecule has 1 aromatic carbocycles. The molecule has 2 aliphatic rings. The molecule has 1 atom stereocenters. The van der Waals surface area contributed by atoms with Crippen molar-refractivity contribution in [3.8, 4) is 11.9 Å². The van der Waals surface area contributed by atoms with Gasteiger partial charge in [-0.15, -0.1) is 0 Å². The first-order valence-electron chi connectivity index (χ1n) is 7.92. The van der Waals surface area contributed by atoms with Crippen LogP contribution in [-0.2, 0) is 4.79 Å². The van der Waals surface area contributed by atoms with E-state index in [9.17, 15) is 10.1 Å². The molecule has 5 rings (SSSR count). The Kier molecular flexibility index (Phi) is 2.88. The van der Waals surface area contributed by atoms with Gasteiger partial charge in [-0.25, -0.2) is 4.98 Å². The van der Waals surface area contributed by atoms with E-state index in [0.717, 1.165) is 16.6 Å². The van der Waals surface area contributed by atoms with E-state index >= 15 is 0 Å². The van der Waals surface area contributed by atoms with Crippen molar-refractivity contribution in [2.45, 2.75) is 13.2 Å². The predicted octanol–water partition coefficient (Wildman–Crippen LogP) is 1.77. The first kappa shape index (κ1) is 14.9. The molecule has 1 amide bonds. The lowest BCUT2D eigenvalue weighted by Gasteiger charge is -2.32. The molecule has 2 N–H and O–H groups in total. The minimum atomic E-state index is -0.680. The summed E-state index contributed by atoms with van der Waals surface area (Å²) in [6.45, 7) is 1.83. The number of pyridine rings is 1. The van der Waals surface area contributed by atoms with E-state index in [-0.39, 0.29) is 11.0 Å². The Labute approximate surface area is 152 Å². The van der Waals surface area contributed by atoms with Crippen LogP contribution in [0, 0.1) is 18.3 Å². The predicted molar refractivity (Wildman–Crippen MR) is 98.4 cm³/mol. The number of nitrogens with zero attached hydrogens (tertiary/aromatic N) is 3. The second-order valence-corrected chi connectivity index (χ2v) is 6.52. The number of aromatic nitrogens is 2. The van der Waals surface area contributed by atoms with Gasteiger partial charge in [-0.1, -0.05) is 12.1 Å². The van der Waals surface area contributed by atoms with Gasteiger partial charge in [0.25, 0.3) is 5.91 Å². The fourth-order valence-electron chi connectivity index (χ4n) is 3.43. The Hall–Kier alpha value is -3.44. The molecule has 3 aromatic rings. The van der Waals surface area contributed by atoms with Crippen LogP contribution in [0.4, 0.5) is 0 Å². The lowest BCUT2D eigenvalue weighted by Crippen LogP contribution is -2.56. The average molecular weight is 361 g/mol. The van der Waals surface area contributed by atoms with Crippen LogP contribution in [-0.4, -0.2) is 26.6 Å². The monoisotopic (exact) mass is 361 g/mol. The van der Waals surface area contributed by atoms with Crippen LogP contribution in [0.5, 0.6) is 5.88 Å². The maximum absolute atomic E-state index is 12.3. The van der Waals surface area contributed by atoms with Crippen LogP contribution in [0.3, 0.4) is 0 Å². The molecule has 1 fully saturated rings. The van der Waals surface area contributed by atoms with E-state index in [4.69, 9.17) is 17.0 Å². The highest BCUT2D eigenvalue weighted by atomic mass is 32.1. The molecule has 1 unspecified atom stereocenters. The van der Waals surface area contributed by atoms with Gasteiger partial charge in [0.15, 0.2) is 10.8 Å². The minimum absolute atomic E-state index is 0.220. The number of hydrogen-bond donors (Lipinski definition) is 2. The first-order valence-corrected chi connectivity index (χ1v) is 8.33. The molecule has 0 spiro atoms. The molecule has 0 radical (unpaired) electrons. The van der Waals surface area contributed by atoms with Crippen molar-refractivity contribution < 1.29 is 9.53 Å². The summed E-state index contributed by atoms with van der Waals surface area (Å²) in [7, 11) is 0. The normalized spacial score (nSPS) is 18.3. The van der Waals surface area contributed by atoms with Crippen molar-refractivity contribution in [2.75, 3.05) is 0 Å². The summed E-state index contributed by atoms with van der Waals surface area (Å²) in [6, 6.07) is 9.83. The van der Waals surface area contributed by atoms with Gasteiger partial charge in [-0.05, 0) is 42.9 Å². The summed E-state index contributed by atoms with van der Waals surface area (Å²) < 4.78 is 7.94. The lowest BCUT2D eigenvalue weighted by molar-refractivity contribution is -0.117. The number of fused-ring (bicyclic) bond motifs is 6. The Bertz CT molecular complexity index is 1230. The van der Waals surface area contributed by atoms with Gasteiger partial charge >= 0.3 is 0 Å². The zero-order chi connectivity index (χ0) is 18.0. The van der Waals surface area contributed by atoms with Gasteiger partial charge in [-0.3, -0.25) is 14.5 Å². The van der Waals surface area contributed by atoms with Gasteiger partial charge in [-0.2, -0.15) is 5.26 Å². The van der Waals surface area contributed by atoms with Crippen molar-refractivity contribution in [1.29, 1.82) is 5.26 Å². The highest BCUT2D eigenvalue weighted by Crippen LogP contribution is 2.37. The number of ether oxygens (including phenoxy) is 1. The van der Waals surface area contributed by atoms with E-state index in [1.807, 2.05) is 35.6 Å². The summed E-state index contributed by atoms with van der Waals surface area (Å²) >= 11 is 5.06. The zero-order valence-electron chi connectivity index (χ0n) is 13.5. The molecule has 7 nitrogen and oxygen atoms in total. The van der Waals surface area contributed by atoms with Gasteiger partial charge in [0, 0.05) is 5.56 Å². The van der Waals surface area contributed by atoms with Gasteiger partial charge in [0.1, 0.15) is 6.07 Å². The molecular weight excluding hydrogens is 350 g/mol. The number of imidazole rings is 1. The van der Waals surface area contributed by atoms with E-state index in [1.54, 1.807) is 6.08 Å². The van der Waals surface area contributed by atoms with Crippen LogP contribution in [0.15, 0.2) is 29.8 Å². The Balaban J connectivity index is 1.92. The van der Waals surface area contributed by atoms with Crippen molar-refractivity contribution in [3.63, 3.8) is 0 Å². The van der Waals surface area contributed by atoms with Crippen molar-refractivity contribution in [1.82, 2.24) is 20.0 Å². The van der Waals surface area contributed by atoms with Crippen molar-refractivity contribution >= 4 is 46.0 Å². The molecule has 26 heavy (non-hydrogen) atoms. The standard InChI is InChI=1S/C18H11N5O2S/c1-8-9-6-10-15(24)21-18(26)22-16(10)25-17(9)23-13-5-3-2-4-12(13)20-14(23)11(8)7-19/h2-6,16H,1H3,(H2,21,22,24,26). The number of thiocarbonyl (C=S) groups is 1. The third kappa shape index (κ3) is 1.83. The van der Waals surface area contributed by atoms with Crippen LogP contribution in [0.1, 0.15) is 16.7 Å². The molecular formula is C18H11N5O2S. The third-order valence-electron chi connectivity index (χ3n) is 4.67. The second-order valence-electron chi connectivity index (χ2n) is 6.12. The van der Waals surface area contributed by atoms with Gasteiger partial charge in [0.05, 0.1) is 22.2 Å². The Morgan fingerprint density at radius 3 is 3.00 bits per heavy atom. The second kappa shape index (κ2) is 5.03. The fraction of sp³-hybridized carbons (Fsp3) is 0.111. The number of rotatable bonds is 0. The van der Waals surface area contributed by atoms with Gasteiger partial charge in [0.2, 0.25) is 12.1 Å². The molecule has 2 aromatic heterocycles. The molecule has 126 valence electrons. The van der Waals surface area contributed by atoms with E-state index in [1.165, 1.54) is 0 Å². The quantitative estimate of drug-likeness (QED) is 0.593. The van der Waals surface area contributed by atoms with Crippen LogP contribution < -0.4 is 15.4 Å². The smallest absolute Gasteiger partial charge is 0.259 e.